The van der Waals surface area contributed by atoms with Gasteiger partial charge in [-0.15, -0.1) is 0 Å². The number of piperidine rings is 1. The summed E-state index contributed by atoms with van der Waals surface area (Å²) in [6.07, 6.45) is 1.71. The molecule has 2 rings (SSSR count). The Morgan fingerprint density at radius 3 is 2.26 bits per heavy atom. The Balaban J connectivity index is 1.86. The number of rotatable bonds is 6. The molecule has 1 aromatic carbocycles. The fourth-order valence-electron chi connectivity index (χ4n) is 3.23. The van der Waals surface area contributed by atoms with Crippen molar-refractivity contribution in [3.05, 3.63) is 33.8 Å². The summed E-state index contributed by atoms with van der Waals surface area (Å²) in [5.74, 6) is 0.0556. The van der Waals surface area contributed by atoms with Gasteiger partial charge in [-0.3, -0.25) is 14.5 Å². The van der Waals surface area contributed by atoms with Crippen molar-refractivity contribution in [3.8, 4) is 0 Å². The van der Waals surface area contributed by atoms with Crippen LogP contribution in [-0.2, 0) is 9.59 Å². The van der Waals surface area contributed by atoms with Crippen molar-refractivity contribution in [3.63, 3.8) is 0 Å². The number of likely N-dealkylation sites (tertiary alicyclic amines) is 1. The number of hydrogen-bond donors (Lipinski definition) is 2. The largest absolute Gasteiger partial charge is 0.353 e. The van der Waals surface area contributed by atoms with Crippen LogP contribution in [0, 0.1) is 5.92 Å². The van der Waals surface area contributed by atoms with E-state index in [1.807, 2.05) is 33.8 Å². The number of carbonyl (C=O) groups is 2. The number of carbonyl (C=O) groups excluding carboxylic acids is 2. The minimum atomic E-state index is -0.236. The second kappa shape index (κ2) is 9.76. The molecular formula is C20H29Cl2N3O2. The quantitative estimate of drug-likeness (QED) is 0.745. The molecule has 0 spiro atoms. The second-order valence-corrected chi connectivity index (χ2v) is 8.39. The molecule has 150 valence electrons. The van der Waals surface area contributed by atoms with Crippen LogP contribution in [0.4, 0.5) is 0 Å². The zero-order valence-electron chi connectivity index (χ0n) is 16.4. The maximum Gasteiger partial charge on any atom is 0.237 e. The van der Waals surface area contributed by atoms with Gasteiger partial charge in [0.15, 0.2) is 0 Å². The van der Waals surface area contributed by atoms with E-state index in [4.69, 9.17) is 23.2 Å². The standard InChI is InChI=1S/C20H29Cl2N3O2/c1-12(2)19(26)24-16-7-9-25(10-8-16)14(4)20(27)23-13(3)17-6-5-15(21)11-18(17)22/h5-6,11-14,16H,7-10H2,1-4H3,(H,23,27)(H,24,26). The van der Waals surface area contributed by atoms with Crippen LogP contribution in [0.3, 0.4) is 0 Å². The molecule has 1 fully saturated rings. The van der Waals surface area contributed by atoms with Crippen LogP contribution in [0.15, 0.2) is 18.2 Å². The van der Waals surface area contributed by atoms with E-state index in [1.54, 1.807) is 12.1 Å². The van der Waals surface area contributed by atoms with Crippen LogP contribution in [0.25, 0.3) is 0 Å². The number of benzene rings is 1. The Bertz CT molecular complexity index is 673. The van der Waals surface area contributed by atoms with Crippen molar-refractivity contribution in [2.75, 3.05) is 13.1 Å². The first kappa shape index (κ1) is 22.0. The van der Waals surface area contributed by atoms with E-state index in [1.165, 1.54) is 0 Å². The summed E-state index contributed by atoms with van der Waals surface area (Å²) in [6.45, 7) is 9.18. The predicted octanol–water partition coefficient (Wildman–Crippen LogP) is 3.80. The first-order valence-electron chi connectivity index (χ1n) is 9.48. The summed E-state index contributed by atoms with van der Waals surface area (Å²) in [5.41, 5.74) is 0.844. The van der Waals surface area contributed by atoms with Crippen molar-refractivity contribution >= 4 is 35.0 Å². The van der Waals surface area contributed by atoms with E-state index in [2.05, 4.69) is 15.5 Å². The highest BCUT2D eigenvalue weighted by atomic mass is 35.5. The fraction of sp³-hybridized carbons (Fsp3) is 0.600. The van der Waals surface area contributed by atoms with Gasteiger partial charge in [0.1, 0.15) is 0 Å². The fourth-order valence-corrected chi connectivity index (χ4v) is 3.80. The lowest BCUT2D eigenvalue weighted by atomic mass is 10.0. The van der Waals surface area contributed by atoms with Crippen molar-refractivity contribution in [2.45, 2.75) is 58.7 Å². The Morgan fingerprint density at radius 1 is 1.07 bits per heavy atom. The maximum atomic E-state index is 12.7. The first-order chi connectivity index (χ1) is 12.7. The molecule has 27 heavy (non-hydrogen) atoms. The lowest BCUT2D eigenvalue weighted by molar-refractivity contribution is -0.128. The van der Waals surface area contributed by atoms with Crippen LogP contribution < -0.4 is 10.6 Å². The summed E-state index contributed by atoms with van der Waals surface area (Å²) in [4.78, 5) is 26.6. The molecule has 1 heterocycles. The van der Waals surface area contributed by atoms with E-state index >= 15 is 0 Å². The van der Waals surface area contributed by atoms with Crippen molar-refractivity contribution in [1.29, 1.82) is 0 Å². The predicted molar refractivity (Wildman–Crippen MR) is 110 cm³/mol. The molecule has 0 radical (unpaired) electrons. The molecule has 0 bridgehead atoms. The number of halogens is 2. The Morgan fingerprint density at radius 2 is 1.70 bits per heavy atom. The highest BCUT2D eigenvalue weighted by molar-refractivity contribution is 6.35. The third-order valence-corrected chi connectivity index (χ3v) is 5.68. The third-order valence-electron chi connectivity index (χ3n) is 5.12. The molecular weight excluding hydrogens is 385 g/mol. The highest BCUT2D eigenvalue weighted by Crippen LogP contribution is 2.26. The molecule has 2 unspecified atom stereocenters. The molecule has 1 aliphatic heterocycles. The Hall–Kier alpha value is -1.30. The van der Waals surface area contributed by atoms with Gasteiger partial charge in [-0.2, -0.15) is 0 Å². The molecule has 7 heteroatoms. The van der Waals surface area contributed by atoms with Gasteiger partial charge in [0, 0.05) is 35.1 Å². The zero-order chi connectivity index (χ0) is 20.1. The normalized spacial score (nSPS) is 18.2. The monoisotopic (exact) mass is 413 g/mol. The summed E-state index contributed by atoms with van der Waals surface area (Å²) >= 11 is 12.2. The van der Waals surface area contributed by atoms with Gasteiger partial charge in [-0.1, -0.05) is 43.1 Å². The van der Waals surface area contributed by atoms with Gasteiger partial charge in [0.25, 0.3) is 0 Å². The second-order valence-electron chi connectivity index (χ2n) is 7.55. The highest BCUT2D eigenvalue weighted by Gasteiger charge is 2.28. The van der Waals surface area contributed by atoms with E-state index in [-0.39, 0.29) is 35.9 Å². The van der Waals surface area contributed by atoms with Crippen LogP contribution >= 0.6 is 23.2 Å². The Labute approximate surface area is 171 Å². The van der Waals surface area contributed by atoms with Crippen molar-refractivity contribution < 1.29 is 9.59 Å². The maximum absolute atomic E-state index is 12.7. The van der Waals surface area contributed by atoms with E-state index in [0.717, 1.165) is 31.5 Å². The van der Waals surface area contributed by atoms with Crippen LogP contribution in [-0.4, -0.2) is 41.9 Å². The number of nitrogens with zero attached hydrogens (tertiary/aromatic N) is 1. The molecule has 0 saturated carbocycles. The lowest BCUT2D eigenvalue weighted by Gasteiger charge is -2.36. The van der Waals surface area contributed by atoms with E-state index in [0.29, 0.717) is 10.0 Å². The minimum Gasteiger partial charge on any atom is -0.353 e. The smallest absolute Gasteiger partial charge is 0.237 e. The topological polar surface area (TPSA) is 61.4 Å². The zero-order valence-corrected chi connectivity index (χ0v) is 17.9. The van der Waals surface area contributed by atoms with Crippen molar-refractivity contribution in [1.82, 2.24) is 15.5 Å². The summed E-state index contributed by atoms with van der Waals surface area (Å²) in [7, 11) is 0. The molecule has 1 saturated heterocycles. The summed E-state index contributed by atoms with van der Waals surface area (Å²) in [5, 5.41) is 7.23. The minimum absolute atomic E-state index is 0.00564. The molecule has 2 N–H and O–H groups in total. The van der Waals surface area contributed by atoms with Gasteiger partial charge in [-0.25, -0.2) is 0 Å². The average molecular weight is 414 g/mol. The first-order valence-corrected chi connectivity index (χ1v) is 10.2. The molecule has 1 aromatic rings. The van der Waals surface area contributed by atoms with E-state index in [9.17, 15) is 9.59 Å². The molecule has 5 nitrogen and oxygen atoms in total. The molecule has 2 amide bonds. The molecule has 0 aliphatic carbocycles. The van der Waals surface area contributed by atoms with Gasteiger partial charge in [0.05, 0.1) is 12.1 Å². The average Bonchev–Trinajstić information content (AvgIpc) is 2.61. The lowest BCUT2D eigenvalue weighted by Crippen LogP contribution is -2.52. The van der Waals surface area contributed by atoms with Gasteiger partial charge in [-0.05, 0) is 44.4 Å². The molecule has 2 atom stereocenters. The number of hydrogen-bond acceptors (Lipinski definition) is 3. The van der Waals surface area contributed by atoms with Gasteiger partial charge >= 0.3 is 0 Å². The Kier molecular flexibility index (Phi) is 7.95. The SMILES string of the molecule is CC(C)C(=O)NC1CCN(C(C)C(=O)NC(C)c2ccc(Cl)cc2Cl)CC1. The summed E-state index contributed by atoms with van der Waals surface area (Å²) in [6, 6.07) is 5.04. The van der Waals surface area contributed by atoms with Crippen LogP contribution in [0.1, 0.15) is 52.1 Å². The van der Waals surface area contributed by atoms with Gasteiger partial charge in [0.2, 0.25) is 11.8 Å². The summed E-state index contributed by atoms with van der Waals surface area (Å²) < 4.78 is 0. The third kappa shape index (κ3) is 6.09. The van der Waals surface area contributed by atoms with Crippen LogP contribution in [0.5, 0.6) is 0 Å². The molecule has 0 aromatic heterocycles. The number of amides is 2. The van der Waals surface area contributed by atoms with Crippen molar-refractivity contribution in [2.24, 2.45) is 5.92 Å². The van der Waals surface area contributed by atoms with E-state index < -0.39 is 0 Å². The van der Waals surface area contributed by atoms with Crippen LogP contribution in [0.2, 0.25) is 10.0 Å². The van der Waals surface area contributed by atoms with Gasteiger partial charge < -0.3 is 10.6 Å². The number of nitrogens with one attached hydrogen (secondary N) is 2. The molecule has 1 aliphatic rings.